The molecule has 0 spiro atoms. The molecule has 6 heteroatoms. The van der Waals surface area contributed by atoms with Crippen LogP contribution in [0.1, 0.15) is 0 Å². The van der Waals surface area contributed by atoms with Gasteiger partial charge in [-0.05, 0) is 59.7 Å². The Morgan fingerprint density at radius 1 is 0.333 bits per heavy atom. The summed E-state index contributed by atoms with van der Waals surface area (Å²) in [7, 11) is 0. The zero-order chi connectivity index (χ0) is 37.5. The van der Waals surface area contributed by atoms with E-state index in [1.54, 1.807) is 0 Å². The number of rotatable bonds is 5. The molecule has 0 aliphatic rings. The minimum atomic E-state index is 0.520. The molecule has 12 aromatic rings. The number of aromatic nitrogens is 4. The van der Waals surface area contributed by atoms with E-state index >= 15 is 0 Å². The van der Waals surface area contributed by atoms with Crippen LogP contribution in [0.5, 0.6) is 0 Å². The summed E-state index contributed by atoms with van der Waals surface area (Å²) < 4.78 is 15.7. The third-order valence-corrected chi connectivity index (χ3v) is 11.1. The van der Waals surface area contributed by atoms with Crippen LogP contribution in [-0.4, -0.2) is 19.5 Å². The Kier molecular flexibility index (Phi) is 6.83. The first kappa shape index (κ1) is 31.5. The fourth-order valence-corrected chi connectivity index (χ4v) is 8.60. The number of nitrogens with zero attached hydrogens (tertiary/aromatic N) is 4. The zero-order valence-corrected chi connectivity index (χ0v) is 30.4. The maximum absolute atomic E-state index is 6.85. The second-order valence-electron chi connectivity index (χ2n) is 14.3. The summed E-state index contributed by atoms with van der Waals surface area (Å²) in [6.45, 7) is 0. The molecule has 57 heavy (non-hydrogen) atoms. The van der Waals surface area contributed by atoms with Crippen molar-refractivity contribution in [3.8, 4) is 51.0 Å². The van der Waals surface area contributed by atoms with Crippen LogP contribution in [0.4, 0.5) is 0 Å². The van der Waals surface area contributed by atoms with Crippen molar-refractivity contribution >= 4 is 65.7 Å². The smallest absolute Gasteiger partial charge is 0.167 e. The third kappa shape index (κ3) is 4.81. The molecular weight excluding hydrogens is 701 g/mol. The van der Waals surface area contributed by atoms with Crippen LogP contribution in [-0.2, 0) is 0 Å². The van der Waals surface area contributed by atoms with Crippen LogP contribution < -0.4 is 0 Å². The van der Waals surface area contributed by atoms with Crippen LogP contribution in [0.2, 0.25) is 0 Å². The molecule has 0 N–H and O–H groups in total. The first-order chi connectivity index (χ1) is 28.3. The second kappa shape index (κ2) is 12.3. The van der Waals surface area contributed by atoms with Crippen molar-refractivity contribution in [1.82, 2.24) is 19.5 Å². The molecule has 4 heterocycles. The molecule has 0 radical (unpaired) electrons. The van der Waals surface area contributed by atoms with Gasteiger partial charge >= 0.3 is 0 Å². The van der Waals surface area contributed by atoms with Gasteiger partial charge in [0.15, 0.2) is 17.5 Å². The van der Waals surface area contributed by atoms with E-state index in [0.717, 1.165) is 88.4 Å². The van der Waals surface area contributed by atoms with Gasteiger partial charge in [-0.2, -0.15) is 0 Å². The Labute approximate surface area is 325 Å². The van der Waals surface area contributed by atoms with E-state index in [4.69, 9.17) is 23.8 Å². The average molecular weight is 731 g/mol. The van der Waals surface area contributed by atoms with Gasteiger partial charge < -0.3 is 13.4 Å². The highest BCUT2D eigenvalue weighted by Gasteiger charge is 2.23. The molecule has 0 fully saturated rings. The lowest BCUT2D eigenvalue weighted by Gasteiger charge is -2.10. The summed E-state index contributed by atoms with van der Waals surface area (Å²) in [6, 6.07) is 62.6. The predicted molar refractivity (Wildman–Crippen MR) is 230 cm³/mol. The first-order valence-electron chi connectivity index (χ1n) is 19.0. The van der Waals surface area contributed by atoms with E-state index in [1.165, 1.54) is 10.8 Å². The van der Waals surface area contributed by atoms with Gasteiger partial charge in [-0.3, -0.25) is 0 Å². The number of para-hydroxylation sites is 5. The Bertz CT molecular complexity index is 3530. The topological polar surface area (TPSA) is 69.9 Å². The molecule has 6 nitrogen and oxygen atoms in total. The minimum Gasteiger partial charge on any atom is -0.455 e. The lowest BCUT2D eigenvalue weighted by molar-refractivity contribution is 0.669. The molecule has 0 bridgehead atoms. The van der Waals surface area contributed by atoms with Gasteiger partial charge in [0, 0.05) is 43.6 Å². The lowest BCUT2D eigenvalue weighted by Crippen LogP contribution is -2.00. The van der Waals surface area contributed by atoms with Gasteiger partial charge in [0.05, 0.1) is 22.2 Å². The minimum absolute atomic E-state index is 0.520. The Balaban J connectivity index is 1.10. The van der Waals surface area contributed by atoms with Crippen LogP contribution >= 0.6 is 0 Å². The van der Waals surface area contributed by atoms with Crippen molar-refractivity contribution in [3.63, 3.8) is 0 Å². The number of hydrogen-bond acceptors (Lipinski definition) is 5. The van der Waals surface area contributed by atoms with E-state index in [9.17, 15) is 0 Å². The van der Waals surface area contributed by atoms with Crippen molar-refractivity contribution in [1.29, 1.82) is 0 Å². The average Bonchev–Trinajstić information content (AvgIpc) is 3.97. The molecule has 0 atom stereocenters. The van der Waals surface area contributed by atoms with Gasteiger partial charge in [-0.1, -0.05) is 133 Å². The van der Waals surface area contributed by atoms with Gasteiger partial charge in [-0.15, -0.1) is 0 Å². The van der Waals surface area contributed by atoms with Crippen LogP contribution in [0.3, 0.4) is 0 Å². The summed E-state index contributed by atoms with van der Waals surface area (Å²) in [5, 5.41) is 6.50. The molecule has 0 saturated heterocycles. The van der Waals surface area contributed by atoms with Gasteiger partial charge in [0.2, 0.25) is 0 Å². The Morgan fingerprint density at radius 3 is 1.63 bits per heavy atom. The second-order valence-corrected chi connectivity index (χ2v) is 14.3. The molecule has 4 aromatic heterocycles. The summed E-state index contributed by atoms with van der Waals surface area (Å²) in [4.78, 5) is 15.4. The van der Waals surface area contributed by atoms with E-state index < -0.39 is 0 Å². The van der Waals surface area contributed by atoms with Crippen LogP contribution in [0.15, 0.2) is 191 Å². The number of furan rings is 2. The fraction of sp³-hybridized carbons (Fsp3) is 0. The number of benzene rings is 8. The molecular formula is C51H30N4O2. The van der Waals surface area contributed by atoms with Gasteiger partial charge in [0.25, 0.3) is 0 Å². The van der Waals surface area contributed by atoms with Crippen LogP contribution in [0.25, 0.3) is 117 Å². The molecule has 12 rings (SSSR count). The maximum atomic E-state index is 6.85. The Hall–Kier alpha value is -7.83. The molecule has 8 aromatic carbocycles. The largest absolute Gasteiger partial charge is 0.455 e. The van der Waals surface area contributed by atoms with Crippen LogP contribution in [0, 0.1) is 0 Å². The predicted octanol–water partition coefficient (Wildman–Crippen LogP) is 13.4. The molecule has 0 aliphatic carbocycles. The molecule has 0 aliphatic heterocycles. The van der Waals surface area contributed by atoms with Crippen molar-refractivity contribution < 1.29 is 8.83 Å². The molecule has 0 amide bonds. The van der Waals surface area contributed by atoms with E-state index in [-0.39, 0.29) is 0 Å². The van der Waals surface area contributed by atoms with Crippen molar-refractivity contribution in [2.45, 2.75) is 0 Å². The summed E-state index contributed by atoms with van der Waals surface area (Å²) in [5.74, 6) is 1.61. The quantitative estimate of drug-likeness (QED) is 0.176. The zero-order valence-electron chi connectivity index (χ0n) is 30.4. The van der Waals surface area contributed by atoms with Gasteiger partial charge in [0.1, 0.15) is 22.3 Å². The molecule has 0 saturated carbocycles. The van der Waals surface area contributed by atoms with E-state index in [2.05, 4.69) is 114 Å². The monoisotopic (exact) mass is 730 g/mol. The fourth-order valence-electron chi connectivity index (χ4n) is 8.60. The normalized spacial score (nSPS) is 11.9. The van der Waals surface area contributed by atoms with E-state index in [0.29, 0.717) is 17.5 Å². The number of fused-ring (bicyclic) bond motifs is 9. The maximum Gasteiger partial charge on any atom is 0.167 e. The summed E-state index contributed by atoms with van der Waals surface area (Å²) in [5.41, 5.74) is 11.2. The Morgan fingerprint density at radius 2 is 0.842 bits per heavy atom. The highest BCUT2D eigenvalue weighted by Crippen LogP contribution is 2.45. The lowest BCUT2D eigenvalue weighted by atomic mass is 9.95. The molecule has 0 unspecified atom stereocenters. The highest BCUT2D eigenvalue weighted by molar-refractivity contribution is 6.22. The summed E-state index contributed by atoms with van der Waals surface area (Å²) in [6.07, 6.45) is 0. The third-order valence-electron chi connectivity index (χ3n) is 11.1. The van der Waals surface area contributed by atoms with Gasteiger partial charge in [-0.25, -0.2) is 15.0 Å². The standard InChI is InChI=1S/C51H30N4O2/c1-3-15-31(16-4-1)49-52-50(39-25-11-23-36-33-19-8-10-29-43(33)56-47(36)39)54-51(53-49)40-26-12-24-38-46-35(22-14-30-44(46)57-48(38)40)34-21-13-28-42-45(34)37-20-7-9-27-41(37)55(42)32-17-5-2-6-18-32/h1-30H. The molecule has 266 valence electrons. The number of hydrogen-bond donors (Lipinski definition) is 0. The summed E-state index contributed by atoms with van der Waals surface area (Å²) >= 11 is 0. The SMILES string of the molecule is c1ccc(-c2nc(-c3cccc4c3oc3ccccc34)nc(-c3cccc4c3oc3cccc(-c5cccc6c5c5ccccc5n6-c5ccccc5)c34)n2)cc1. The highest BCUT2D eigenvalue weighted by atomic mass is 16.3. The van der Waals surface area contributed by atoms with E-state index in [1.807, 2.05) is 72.8 Å². The van der Waals surface area contributed by atoms with Crippen molar-refractivity contribution in [2.24, 2.45) is 0 Å². The van der Waals surface area contributed by atoms with Crippen molar-refractivity contribution in [3.05, 3.63) is 182 Å². The first-order valence-corrected chi connectivity index (χ1v) is 19.0. The van der Waals surface area contributed by atoms with Crippen molar-refractivity contribution in [2.75, 3.05) is 0 Å².